The van der Waals surface area contributed by atoms with Gasteiger partial charge in [-0.25, -0.2) is 0 Å². The number of carboxylic acid groups (broad SMARTS) is 1. The van der Waals surface area contributed by atoms with E-state index in [2.05, 4.69) is 13.5 Å². The third-order valence-electron chi connectivity index (χ3n) is 4.57. The van der Waals surface area contributed by atoms with Gasteiger partial charge in [0.15, 0.2) is 5.25 Å². The molecule has 2 atom stereocenters. The van der Waals surface area contributed by atoms with Crippen LogP contribution in [-0.2, 0) is 24.4 Å². The minimum atomic E-state index is -4.88. The van der Waals surface area contributed by atoms with E-state index in [1.807, 2.05) is 0 Å². The Bertz CT molecular complexity index is 563. The average Bonchev–Trinajstić information content (AvgIpc) is 2.61. The molecule has 0 fully saturated rings. The molecule has 0 aliphatic carbocycles. The molecule has 0 bridgehead atoms. The monoisotopic (exact) mass is 442 g/mol. The fourth-order valence-corrected chi connectivity index (χ4v) is 3.60. The molecule has 0 aromatic rings. The second-order valence-electron chi connectivity index (χ2n) is 7.12. The van der Waals surface area contributed by atoms with Crippen LogP contribution < -0.4 is 34.7 Å². The van der Waals surface area contributed by atoms with Crippen molar-refractivity contribution in [2.75, 3.05) is 0 Å². The number of aliphatic carboxylic acids is 1. The topological polar surface area (TPSA) is 121 Å². The Morgan fingerprint density at radius 3 is 2.03 bits per heavy atom. The number of allylic oxidation sites excluding steroid dienone is 1. The van der Waals surface area contributed by atoms with Crippen LogP contribution in [0.3, 0.4) is 0 Å². The second-order valence-corrected chi connectivity index (χ2v) is 8.72. The maximum absolute atomic E-state index is 12.2. The molecule has 0 aliphatic heterocycles. The Morgan fingerprint density at radius 2 is 1.55 bits per heavy atom. The Morgan fingerprint density at radius 1 is 1.03 bits per heavy atom. The normalized spacial score (nSPS) is 13.2. The average molecular weight is 443 g/mol. The van der Waals surface area contributed by atoms with Crippen molar-refractivity contribution >= 4 is 22.1 Å². The molecule has 0 radical (unpaired) electrons. The summed E-state index contributed by atoms with van der Waals surface area (Å²) in [6.07, 6.45) is 11.5. The summed E-state index contributed by atoms with van der Waals surface area (Å²) < 4.78 is 37.1. The maximum Gasteiger partial charge on any atom is 1.00 e. The van der Waals surface area contributed by atoms with Crippen molar-refractivity contribution in [1.29, 1.82) is 0 Å². The summed E-state index contributed by atoms with van der Waals surface area (Å²) in [4.78, 5) is 22.9. The summed E-state index contributed by atoms with van der Waals surface area (Å²) in [6, 6.07) is 0. The summed E-state index contributed by atoms with van der Waals surface area (Å²) in [7, 11) is -4.88. The molecule has 29 heavy (non-hydrogen) atoms. The number of carbonyl (C=O) groups excluding carboxylic acids is 2. The Hall–Kier alpha value is -0.410. The van der Waals surface area contributed by atoms with E-state index in [-0.39, 0.29) is 29.6 Å². The van der Waals surface area contributed by atoms with Crippen molar-refractivity contribution < 1.29 is 62.0 Å². The van der Waals surface area contributed by atoms with Gasteiger partial charge in [-0.15, -0.1) is 6.58 Å². The van der Waals surface area contributed by atoms with E-state index in [4.69, 9.17) is 9.29 Å². The van der Waals surface area contributed by atoms with Crippen molar-refractivity contribution in [3.8, 4) is 0 Å². The molecule has 0 saturated heterocycles. The van der Waals surface area contributed by atoms with Gasteiger partial charge in [-0.05, 0) is 38.5 Å². The van der Waals surface area contributed by atoms with E-state index >= 15 is 0 Å². The predicted molar refractivity (Wildman–Crippen MR) is 106 cm³/mol. The molecule has 0 heterocycles. The zero-order valence-corrected chi connectivity index (χ0v) is 20.8. The van der Waals surface area contributed by atoms with E-state index in [1.54, 1.807) is 6.08 Å². The Labute approximate surface area is 197 Å². The summed E-state index contributed by atoms with van der Waals surface area (Å²) in [5.74, 6) is -2.97. The molecule has 7 nitrogen and oxygen atoms in total. The van der Waals surface area contributed by atoms with Gasteiger partial charge in [0, 0.05) is 12.4 Å². The molecular formula is C20H35NaO7S. The van der Waals surface area contributed by atoms with Gasteiger partial charge in [0.2, 0.25) is 0 Å². The quantitative estimate of drug-likeness (QED) is 0.106. The van der Waals surface area contributed by atoms with E-state index < -0.39 is 39.8 Å². The first-order valence-corrected chi connectivity index (χ1v) is 11.7. The van der Waals surface area contributed by atoms with Crippen LogP contribution in [0.2, 0.25) is 0 Å². The smallest absolute Gasteiger partial charge is 0.550 e. The summed E-state index contributed by atoms with van der Waals surface area (Å²) in [5, 5.41) is 8.55. The van der Waals surface area contributed by atoms with Gasteiger partial charge in [0.1, 0.15) is 6.10 Å². The Balaban J connectivity index is 0. The summed E-state index contributed by atoms with van der Waals surface area (Å²) in [5.41, 5.74) is 0. The van der Waals surface area contributed by atoms with Crippen LogP contribution in [0.15, 0.2) is 12.7 Å². The van der Waals surface area contributed by atoms with Crippen molar-refractivity contribution in [2.45, 2.75) is 102 Å². The molecule has 0 aliphatic rings. The molecule has 9 heteroatoms. The van der Waals surface area contributed by atoms with Gasteiger partial charge in [-0.1, -0.05) is 51.5 Å². The largest absolute Gasteiger partial charge is 1.00 e. The van der Waals surface area contributed by atoms with Gasteiger partial charge < -0.3 is 14.6 Å². The molecule has 2 unspecified atom stereocenters. The number of unbranched alkanes of at least 4 members (excludes halogenated alkanes) is 8. The maximum atomic E-state index is 12.2. The molecule has 0 spiro atoms. The van der Waals surface area contributed by atoms with Crippen LogP contribution in [0.5, 0.6) is 0 Å². The molecule has 164 valence electrons. The standard InChI is InChI=1S/C20H36O7S.Na/c1-3-5-7-9-10-11-13-15-17(14-12-8-6-4-2)27-20(23)18(16-19(21)22)28(24,25)26;/h4,17-18H,2-3,5-16H2,1H3,(H,21,22)(H,24,25,26);/q;+1/p-1. The van der Waals surface area contributed by atoms with Gasteiger partial charge in [-0.2, -0.15) is 8.42 Å². The molecule has 1 N–H and O–H groups in total. The van der Waals surface area contributed by atoms with Crippen molar-refractivity contribution in [2.24, 2.45) is 0 Å². The number of hydrogen-bond acceptors (Lipinski definition) is 6. The van der Waals surface area contributed by atoms with Crippen LogP contribution in [0.25, 0.3) is 0 Å². The fourth-order valence-electron chi connectivity index (χ4n) is 2.95. The van der Waals surface area contributed by atoms with Crippen LogP contribution in [0, 0.1) is 0 Å². The van der Waals surface area contributed by atoms with Crippen LogP contribution >= 0.6 is 0 Å². The van der Waals surface area contributed by atoms with Gasteiger partial charge in [0.05, 0.1) is 0 Å². The van der Waals surface area contributed by atoms with E-state index in [0.29, 0.717) is 12.8 Å². The predicted octanol–water partition coefficient (Wildman–Crippen LogP) is 0.186. The summed E-state index contributed by atoms with van der Waals surface area (Å²) in [6.45, 7) is 5.81. The van der Waals surface area contributed by atoms with Crippen LogP contribution in [-0.4, -0.2) is 36.3 Å². The molecular weight excluding hydrogens is 407 g/mol. The van der Waals surface area contributed by atoms with Crippen molar-refractivity contribution in [3.63, 3.8) is 0 Å². The zero-order valence-electron chi connectivity index (χ0n) is 17.9. The first-order valence-electron chi connectivity index (χ1n) is 10.2. The third-order valence-corrected chi connectivity index (χ3v) is 5.65. The molecule has 0 amide bonds. The molecule has 0 rings (SSSR count). The molecule has 0 saturated carbocycles. The number of ether oxygens (including phenoxy) is 1. The summed E-state index contributed by atoms with van der Waals surface area (Å²) >= 11 is 0. The minimum absolute atomic E-state index is 0. The number of esters is 1. The number of carbonyl (C=O) groups is 2. The zero-order chi connectivity index (χ0) is 21.4. The van der Waals surface area contributed by atoms with E-state index in [9.17, 15) is 23.1 Å². The van der Waals surface area contributed by atoms with Gasteiger partial charge >= 0.3 is 35.5 Å². The van der Waals surface area contributed by atoms with E-state index in [1.165, 1.54) is 19.3 Å². The van der Waals surface area contributed by atoms with Crippen molar-refractivity contribution in [1.82, 2.24) is 0 Å². The van der Waals surface area contributed by atoms with Gasteiger partial charge in [0.25, 0.3) is 10.1 Å². The van der Waals surface area contributed by atoms with E-state index in [0.717, 1.165) is 44.9 Å². The van der Waals surface area contributed by atoms with Crippen LogP contribution in [0.4, 0.5) is 0 Å². The molecule has 0 aromatic heterocycles. The fraction of sp³-hybridized carbons (Fsp3) is 0.800. The first kappa shape index (κ1) is 30.8. The second kappa shape index (κ2) is 18.4. The SMILES string of the molecule is C=CCCCCC(CCCCCCCCC)OC(=O)C(CC(=O)[O-])S(=O)(=O)O.[Na+]. The first-order chi connectivity index (χ1) is 13.2. The van der Waals surface area contributed by atoms with Crippen LogP contribution in [0.1, 0.15) is 90.4 Å². The number of rotatable bonds is 18. The van der Waals surface area contributed by atoms with Gasteiger partial charge in [-0.3, -0.25) is 9.35 Å². The number of hydrogen-bond donors (Lipinski definition) is 1. The number of carboxylic acids is 1. The third kappa shape index (κ3) is 17.0. The minimum Gasteiger partial charge on any atom is -0.550 e. The van der Waals surface area contributed by atoms with Crippen molar-refractivity contribution in [3.05, 3.63) is 12.7 Å². The molecule has 0 aromatic carbocycles. The Kier molecular flexibility index (Phi) is 19.5.